The van der Waals surface area contributed by atoms with Crippen molar-refractivity contribution < 1.29 is 14.3 Å². The van der Waals surface area contributed by atoms with Gasteiger partial charge in [-0.15, -0.1) is 0 Å². The van der Waals surface area contributed by atoms with Gasteiger partial charge >= 0.3 is 0 Å². The molecule has 0 heterocycles. The molecule has 0 aliphatic heterocycles. The van der Waals surface area contributed by atoms with Crippen LogP contribution in [0.15, 0.2) is 68.6 Å². The highest BCUT2D eigenvalue weighted by Crippen LogP contribution is 2.33. The van der Waals surface area contributed by atoms with E-state index < -0.39 is 6.10 Å². The van der Waals surface area contributed by atoms with Gasteiger partial charge < -0.3 is 9.47 Å². The summed E-state index contributed by atoms with van der Waals surface area (Å²) in [6.07, 6.45) is 1.39. The monoisotopic (exact) mass is 532 g/mol. The van der Waals surface area contributed by atoms with E-state index in [2.05, 4.69) is 42.4 Å². The summed E-state index contributed by atoms with van der Waals surface area (Å²) in [6.45, 7) is 4.35. The van der Waals surface area contributed by atoms with Crippen LogP contribution < -0.4 is 14.9 Å². The predicted octanol–water partition coefficient (Wildman–Crippen LogP) is 6.07. The lowest BCUT2D eigenvalue weighted by atomic mass is 10.1. The second kappa shape index (κ2) is 10.6. The fourth-order valence-electron chi connectivity index (χ4n) is 2.92. The Hall–Kier alpha value is -2.38. The summed E-state index contributed by atoms with van der Waals surface area (Å²) in [6, 6.07) is 17.4. The summed E-state index contributed by atoms with van der Waals surface area (Å²) in [7, 11) is 0. The Morgan fingerprint density at radius 2 is 1.87 bits per heavy atom. The Morgan fingerprint density at radius 1 is 1.10 bits per heavy atom. The maximum atomic E-state index is 12.6. The second-order valence-electron chi connectivity index (χ2n) is 6.46. The molecule has 0 aromatic heterocycles. The van der Waals surface area contributed by atoms with Crippen molar-refractivity contribution in [2.24, 2.45) is 5.10 Å². The SMILES string of the molecule is CCOc1ccc(Br)cc1C=NNC(=O)C(CC)Oc1ccc2ccccc2c1Br. The number of carbonyl (C=O) groups excluding carboxylic acids is 1. The molecule has 0 spiro atoms. The van der Waals surface area contributed by atoms with Crippen molar-refractivity contribution in [1.29, 1.82) is 0 Å². The number of carbonyl (C=O) groups is 1. The summed E-state index contributed by atoms with van der Waals surface area (Å²) < 4.78 is 13.3. The Kier molecular flexibility index (Phi) is 7.87. The molecule has 0 aliphatic carbocycles. The predicted molar refractivity (Wildman–Crippen MR) is 127 cm³/mol. The van der Waals surface area contributed by atoms with Crippen molar-refractivity contribution in [2.45, 2.75) is 26.4 Å². The molecule has 5 nitrogen and oxygen atoms in total. The van der Waals surface area contributed by atoms with Crippen LogP contribution in [0.3, 0.4) is 0 Å². The lowest BCUT2D eigenvalue weighted by Crippen LogP contribution is -2.35. The minimum atomic E-state index is -0.673. The molecule has 0 saturated carbocycles. The van der Waals surface area contributed by atoms with Crippen LogP contribution in [-0.4, -0.2) is 24.8 Å². The van der Waals surface area contributed by atoms with E-state index in [1.54, 1.807) is 6.21 Å². The van der Waals surface area contributed by atoms with Crippen molar-refractivity contribution >= 4 is 54.8 Å². The van der Waals surface area contributed by atoms with Crippen molar-refractivity contribution in [1.82, 2.24) is 5.43 Å². The number of nitrogens with zero attached hydrogens (tertiary/aromatic N) is 1. The zero-order valence-corrected chi connectivity index (χ0v) is 19.9. The van der Waals surface area contributed by atoms with Crippen molar-refractivity contribution in [2.75, 3.05) is 6.61 Å². The molecule has 0 aliphatic rings. The summed E-state index contributed by atoms with van der Waals surface area (Å²) in [4.78, 5) is 12.6. The molecular formula is C23H22Br2N2O3. The fourth-order valence-corrected chi connectivity index (χ4v) is 3.89. The molecule has 1 unspecified atom stereocenters. The van der Waals surface area contributed by atoms with E-state index in [-0.39, 0.29) is 5.91 Å². The van der Waals surface area contributed by atoms with E-state index in [0.29, 0.717) is 24.5 Å². The Labute approximate surface area is 192 Å². The molecule has 1 N–H and O–H groups in total. The molecular weight excluding hydrogens is 512 g/mol. The average Bonchev–Trinajstić information content (AvgIpc) is 2.75. The lowest BCUT2D eigenvalue weighted by Gasteiger charge is -2.17. The van der Waals surface area contributed by atoms with E-state index in [9.17, 15) is 4.79 Å². The van der Waals surface area contributed by atoms with Crippen LogP contribution in [0.25, 0.3) is 10.8 Å². The quantitative estimate of drug-likeness (QED) is 0.282. The van der Waals surface area contributed by atoms with E-state index >= 15 is 0 Å². The van der Waals surface area contributed by atoms with Crippen molar-refractivity contribution in [3.05, 3.63) is 69.1 Å². The highest BCUT2D eigenvalue weighted by molar-refractivity contribution is 9.11. The van der Waals surface area contributed by atoms with Gasteiger partial charge in [0, 0.05) is 10.0 Å². The number of nitrogens with one attached hydrogen (secondary N) is 1. The van der Waals surface area contributed by atoms with Crippen molar-refractivity contribution in [3.8, 4) is 11.5 Å². The number of rotatable bonds is 8. The molecule has 3 aromatic carbocycles. The summed E-state index contributed by atoms with van der Waals surface area (Å²) in [5.41, 5.74) is 3.33. The van der Waals surface area contributed by atoms with Crippen molar-refractivity contribution in [3.63, 3.8) is 0 Å². The zero-order chi connectivity index (χ0) is 21.5. The summed E-state index contributed by atoms with van der Waals surface area (Å²) in [5.74, 6) is 0.995. The zero-order valence-electron chi connectivity index (χ0n) is 16.7. The number of hydrogen-bond donors (Lipinski definition) is 1. The first-order chi connectivity index (χ1) is 14.5. The number of fused-ring (bicyclic) bond motifs is 1. The van der Waals surface area contributed by atoms with E-state index in [1.807, 2.05) is 68.4 Å². The van der Waals surface area contributed by atoms with Crippen LogP contribution in [0.2, 0.25) is 0 Å². The van der Waals surface area contributed by atoms with Gasteiger partial charge in [-0.05, 0) is 64.3 Å². The van der Waals surface area contributed by atoms with E-state index in [1.165, 1.54) is 0 Å². The smallest absolute Gasteiger partial charge is 0.281 e. The van der Waals surface area contributed by atoms with Gasteiger partial charge in [-0.3, -0.25) is 4.79 Å². The largest absolute Gasteiger partial charge is 0.493 e. The lowest BCUT2D eigenvalue weighted by molar-refractivity contribution is -0.128. The number of amides is 1. The molecule has 7 heteroatoms. The molecule has 0 fully saturated rings. The van der Waals surface area contributed by atoms with Gasteiger partial charge in [-0.2, -0.15) is 5.10 Å². The molecule has 1 atom stereocenters. The Morgan fingerprint density at radius 3 is 2.63 bits per heavy atom. The molecule has 1 amide bonds. The van der Waals surface area contributed by atoms with Crippen LogP contribution in [0.4, 0.5) is 0 Å². The molecule has 156 valence electrons. The number of hydrogen-bond acceptors (Lipinski definition) is 4. The summed E-state index contributed by atoms with van der Waals surface area (Å²) >= 11 is 7.03. The Bertz CT molecular complexity index is 1070. The minimum absolute atomic E-state index is 0.318. The fraction of sp³-hybridized carbons (Fsp3) is 0.217. The van der Waals surface area contributed by atoms with Gasteiger partial charge in [0.2, 0.25) is 0 Å². The topological polar surface area (TPSA) is 59.9 Å². The first kappa shape index (κ1) is 22.3. The Balaban J connectivity index is 1.71. The molecule has 0 radical (unpaired) electrons. The third kappa shape index (κ3) is 5.40. The number of ether oxygens (including phenoxy) is 2. The van der Waals surface area contributed by atoms with Crippen LogP contribution in [-0.2, 0) is 4.79 Å². The minimum Gasteiger partial charge on any atom is -0.493 e. The first-order valence-corrected chi connectivity index (χ1v) is 11.2. The highest BCUT2D eigenvalue weighted by atomic mass is 79.9. The molecule has 3 aromatic rings. The number of hydrazone groups is 1. The van der Waals surface area contributed by atoms with Gasteiger partial charge in [-0.1, -0.05) is 53.2 Å². The maximum Gasteiger partial charge on any atom is 0.281 e. The summed E-state index contributed by atoms with van der Waals surface area (Å²) in [5, 5.41) is 6.22. The van der Waals surface area contributed by atoms with Crippen LogP contribution in [0.1, 0.15) is 25.8 Å². The van der Waals surface area contributed by atoms with Gasteiger partial charge in [0.15, 0.2) is 6.10 Å². The van der Waals surface area contributed by atoms with Gasteiger partial charge in [-0.25, -0.2) is 5.43 Å². The molecule has 0 bridgehead atoms. The number of halogens is 2. The number of benzene rings is 3. The third-order valence-electron chi connectivity index (χ3n) is 4.41. The maximum absolute atomic E-state index is 12.6. The van der Waals surface area contributed by atoms with Crippen LogP contribution in [0, 0.1) is 0 Å². The van der Waals surface area contributed by atoms with E-state index in [4.69, 9.17) is 9.47 Å². The highest BCUT2D eigenvalue weighted by Gasteiger charge is 2.19. The van der Waals surface area contributed by atoms with Gasteiger partial charge in [0.25, 0.3) is 5.91 Å². The molecule has 3 rings (SSSR count). The first-order valence-electron chi connectivity index (χ1n) is 9.62. The third-order valence-corrected chi connectivity index (χ3v) is 5.72. The van der Waals surface area contributed by atoms with Gasteiger partial charge in [0.1, 0.15) is 11.5 Å². The van der Waals surface area contributed by atoms with Gasteiger partial charge in [0.05, 0.1) is 17.3 Å². The van der Waals surface area contributed by atoms with E-state index in [0.717, 1.165) is 25.3 Å². The normalized spacial score (nSPS) is 12.1. The standard InChI is InChI=1S/C23H22Br2N2O3/c1-3-19(30-21-11-9-15-7-5-6-8-18(15)22(21)25)23(28)27-26-14-16-13-17(24)10-12-20(16)29-4-2/h5-14,19H,3-4H2,1-2H3,(H,27,28). The molecule has 0 saturated heterocycles. The van der Waals surface area contributed by atoms with Crippen LogP contribution in [0.5, 0.6) is 11.5 Å². The van der Waals surface area contributed by atoms with Crippen LogP contribution >= 0.6 is 31.9 Å². The average molecular weight is 534 g/mol. The molecule has 30 heavy (non-hydrogen) atoms. The second-order valence-corrected chi connectivity index (χ2v) is 8.17.